The van der Waals surface area contributed by atoms with Crippen LogP contribution in [0.4, 0.5) is 0 Å². The van der Waals surface area contributed by atoms with Crippen LogP contribution in [-0.2, 0) is 0 Å². The number of rotatable bonds is 4. The summed E-state index contributed by atoms with van der Waals surface area (Å²) in [5.41, 5.74) is 3.97. The van der Waals surface area contributed by atoms with Gasteiger partial charge in [-0.15, -0.1) is 0 Å². The summed E-state index contributed by atoms with van der Waals surface area (Å²) in [5, 5.41) is 4.06. The minimum atomic E-state index is -0.226. The van der Waals surface area contributed by atoms with Crippen molar-refractivity contribution in [1.82, 2.24) is 10.4 Å². The molecule has 1 atom stereocenters. The van der Waals surface area contributed by atoms with Gasteiger partial charge in [0.2, 0.25) is 0 Å². The number of carbonyl (C=O) groups is 1. The summed E-state index contributed by atoms with van der Waals surface area (Å²) in [6.07, 6.45) is 4.16. The Kier molecular flexibility index (Phi) is 4.64. The van der Waals surface area contributed by atoms with Crippen LogP contribution >= 0.6 is 0 Å². The van der Waals surface area contributed by atoms with Gasteiger partial charge in [0.1, 0.15) is 0 Å². The first-order valence-electron chi connectivity index (χ1n) is 5.39. The maximum atomic E-state index is 11.6. The van der Waals surface area contributed by atoms with E-state index >= 15 is 0 Å². The summed E-state index contributed by atoms with van der Waals surface area (Å²) in [7, 11) is 0. The molecule has 16 heavy (non-hydrogen) atoms. The lowest BCUT2D eigenvalue weighted by atomic mass is 10.1. The zero-order chi connectivity index (χ0) is 12.0. The minimum absolute atomic E-state index is 0.226. The van der Waals surface area contributed by atoms with E-state index in [9.17, 15) is 4.79 Å². The third-order valence-electron chi connectivity index (χ3n) is 2.58. The van der Waals surface area contributed by atoms with Gasteiger partial charge in [0, 0.05) is 18.1 Å². The van der Waals surface area contributed by atoms with Crippen LogP contribution in [0.5, 0.6) is 0 Å². The van der Waals surface area contributed by atoms with Gasteiger partial charge in [-0.1, -0.05) is 13.8 Å². The average Bonchev–Trinajstić information content (AvgIpc) is 2.35. The lowest BCUT2D eigenvalue weighted by Crippen LogP contribution is -2.21. The Labute approximate surface area is 95.8 Å². The summed E-state index contributed by atoms with van der Waals surface area (Å²) in [6, 6.07) is 3.43. The molecule has 1 N–H and O–H groups in total. The first-order chi connectivity index (χ1) is 7.65. The smallest absolute Gasteiger partial charge is 0.267 e. The molecule has 0 aromatic carbocycles. The van der Waals surface area contributed by atoms with Gasteiger partial charge >= 0.3 is 0 Å². The maximum absolute atomic E-state index is 11.6. The highest BCUT2D eigenvalue weighted by molar-refractivity contribution is 5.95. The highest BCUT2D eigenvalue weighted by Gasteiger charge is 2.05. The second kappa shape index (κ2) is 6.00. The van der Waals surface area contributed by atoms with Gasteiger partial charge in [-0.05, 0) is 31.4 Å². The Balaban J connectivity index is 2.60. The molecule has 4 heteroatoms. The molecule has 0 unspecified atom stereocenters. The van der Waals surface area contributed by atoms with Crippen molar-refractivity contribution in [3.05, 3.63) is 30.1 Å². The van der Waals surface area contributed by atoms with Gasteiger partial charge in [-0.2, -0.15) is 5.10 Å². The van der Waals surface area contributed by atoms with Crippen molar-refractivity contribution in [1.29, 1.82) is 0 Å². The highest BCUT2D eigenvalue weighted by Crippen LogP contribution is 2.03. The molecular weight excluding hydrogens is 202 g/mol. The van der Waals surface area contributed by atoms with E-state index in [1.807, 2.05) is 6.92 Å². The van der Waals surface area contributed by atoms with Gasteiger partial charge in [0.05, 0.1) is 5.56 Å². The monoisotopic (exact) mass is 219 g/mol. The highest BCUT2D eigenvalue weighted by atomic mass is 16.2. The van der Waals surface area contributed by atoms with E-state index < -0.39 is 0 Å². The second-order valence-electron chi connectivity index (χ2n) is 3.75. The Morgan fingerprint density at radius 1 is 1.62 bits per heavy atom. The van der Waals surface area contributed by atoms with Crippen molar-refractivity contribution in [2.75, 3.05) is 0 Å². The summed E-state index contributed by atoms with van der Waals surface area (Å²) in [6.45, 7) is 6.08. The van der Waals surface area contributed by atoms with Crippen LogP contribution in [0.3, 0.4) is 0 Å². The summed E-state index contributed by atoms with van der Waals surface area (Å²) in [4.78, 5) is 15.5. The first-order valence-corrected chi connectivity index (χ1v) is 5.39. The van der Waals surface area contributed by atoms with E-state index in [-0.39, 0.29) is 5.91 Å². The molecule has 1 rings (SSSR count). The van der Waals surface area contributed by atoms with Crippen LogP contribution < -0.4 is 5.43 Å². The van der Waals surface area contributed by atoms with Crippen molar-refractivity contribution in [2.45, 2.75) is 27.2 Å². The van der Waals surface area contributed by atoms with Crippen LogP contribution in [0.1, 0.15) is 37.6 Å². The number of carbonyl (C=O) groups excluding carboxylic acids is 1. The molecule has 0 saturated heterocycles. The molecule has 1 aromatic heterocycles. The normalized spacial score (nSPS) is 13.3. The lowest BCUT2D eigenvalue weighted by molar-refractivity contribution is 0.0954. The fourth-order valence-corrected chi connectivity index (χ4v) is 1.11. The van der Waals surface area contributed by atoms with Gasteiger partial charge in [-0.25, -0.2) is 5.43 Å². The molecule has 1 amide bonds. The predicted molar refractivity (Wildman–Crippen MR) is 64.3 cm³/mol. The third kappa shape index (κ3) is 3.46. The number of hydrogen-bond acceptors (Lipinski definition) is 3. The zero-order valence-corrected chi connectivity index (χ0v) is 9.90. The Morgan fingerprint density at radius 2 is 2.38 bits per heavy atom. The van der Waals surface area contributed by atoms with Crippen molar-refractivity contribution in [2.24, 2.45) is 11.0 Å². The summed E-state index contributed by atoms with van der Waals surface area (Å²) >= 11 is 0. The molecule has 1 heterocycles. The van der Waals surface area contributed by atoms with E-state index in [1.54, 1.807) is 18.3 Å². The molecule has 0 saturated carbocycles. The molecule has 86 valence electrons. The lowest BCUT2D eigenvalue weighted by Gasteiger charge is -2.07. The molecule has 0 aliphatic rings. The van der Waals surface area contributed by atoms with Crippen LogP contribution in [0.25, 0.3) is 0 Å². The summed E-state index contributed by atoms with van der Waals surface area (Å²) < 4.78 is 0. The molecule has 0 bridgehead atoms. The topological polar surface area (TPSA) is 54.4 Å². The molecule has 4 nitrogen and oxygen atoms in total. The summed E-state index contributed by atoms with van der Waals surface area (Å²) in [5.74, 6) is 0.157. The maximum Gasteiger partial charge on any atom is 0.272 e. The Bertz CT molecular complexity index is 373. The number of pyridine rings is 1. The van der Waals surface area contributed by atoms with Gasteiger partial charge in [0.25, 0.3) is 5.91 Å². The molecule has 0 fully saturated rings. The van der Waals surface area contributed by atoms with Crippen molar-refractivity contribution in [3.8, 4) is 0 Å². The number of nitrogens with zero attached hydrogens (tertiary/aromatic N) is 2. The number of aromatic nitrogens is 1. The number of hydrogen-bond donors (Lipinski definition) is 1. The van der Waals surface area contributed by atoms with Crippen molar-refractivity contribution < 1.29 is 4.79 Å². The van der Waals surface area contributed by atoms with E-state index in [1.165, 1.54) is 6.20 Å². The molecule has 0 aliphatic carbocycles. The third-order valence-corrected chi connectivity index (χ3v) is 2.58. The molecule has 1 aromatic rings. The molecule has 0 aliphatic heterocycles. The van der Waals surface area contributed by atoms with Crippen LogP contribution in [0.15, 0.2) is 29.6 Å². The Morgan fingerprint density at radius 3 is 2.94 bits per heavy atom. The fraction of sp³-hybridized carbons (Fsp3) is 0.417. The molecule has 0 spiro atoms. The number of amides is 1. The van der Waals surface area contributed by atoms with Crippen LogP contribution in [0.2, 0.25) is 0 Å². The quantitative estimate of drug-likeness (QED) is 0.623. The van der Waals surface area contributed by atoms with Crippen molar-refractivity contribution >= 4 is 11.6 Å². The minimum Gasteiger partial charge on any atom is -0.267 e. The van der Waals surface area contributed by atoms with E-state index in [2.05, 4.69) is 29.4 Å². The van der Waals surface area contributed by atoms with Gasteiger partial charge in [0.15, 0.2) is 0 Å². The van der Waals surface area contributed by atoms with E-state index in [4.69, 9.17) is 0 Å². The largest absolute Gasteiger partial charge is 0.272 e. The fourth-order valence-electron chi connectivity index (χ4n) is 1.11. The number of hydrazone groups is 1. The average molecular weight is 219 g/mol. The van der Waals surface area contributed by atoms with Crippen LogP contribution in [-0.4, -0.2) is 16.6 Å². The Hall–Kier alpha value is -1.71. The SMILES string of the molecule is CC[C@@H](C)/C(C)=N\NC(=O)c1cccnc1. The second-order valence-corrected chi connectivity index (χ2v) is 3.75. The molecular formula is C12H17N3O. The zero-order valence-electron chi connectivity index (χ0n) is 9.90. The standard InChI is InChI=1S/C12H17N3O/c1-4-9(2)10(3)14-15-12(16)11-6-5-7-13-8-11/h5-9H,4H2,1-3H3,(H,15,16)/b14-10-/t9-/m1/s1. The van der Waals surface area contributed by atoms with Crippen LogP contribution in [0, 0.1) is 5.92 Å². The van der Waals surface area contributed by atoms with E-state index in [0.717, 1.165) is 12.1 Å². The molecule has 0 radical (unpaired) electrons. The first kappa shape index (κ1) is 12.4. The van der Waals surface area contributed by atoms with E-state index in [0.29, 0.717) is 11.5 Å². The predicted octanol–water partition coefficient (Wildman–Crippen LogP) is 2.23. The number of nitrogens with one attached hydrogen (secondary N) is 1. The van der Waals surface area contributed by atoms with Crippen molar-refractivity contribution in [3.63, 3.8) is 0 Å². The van der Waals surface area contributed by atoms with Gasteiger partial charge in [-0.3, -0.25) is 9.78 Å². The van der Waals surface area contributed by atoms with Gasteiger partial charge < -0.3 is 0 Å².